The summed E-state index contributed by atoms with van der Waals surface area (Å²) in [5.74, 6) is 0. The third-order valence-electron chi connectivity index (χ3n) is 1.75. The maximum absolute atomic E-state index is 11.5. The number of rotatable bonds is 0. The second kappa shape index (κ2) is 6.30. The van der Waals surface area contributed by atoms with Crippen LogP contribution >= 0.6 is 0 Å². The largest absolute Gasteiger partial charge is 0.444 e. The van der Waals surface area contributed by atoms with E-state index in [4.69, 9.17) is 9.53 Å². The Balaban J connectivity index is 0.000000673. The molecule has 1 amide bonds. The van der Waals surface area contributed by atoms with Crippen molar-refractivity contribution in [1.82, 2.24) is 4.90 Å². The van der Waals surface area contributed by atoms with Gasteiger partial charge in [-0.15, -0.1) is 0 Å². The number of hydrogen-bond acceptors (Lipinski definition) is 3. The topological polar surface area (TPSA) is 46.6 Å². The minimum atomic E-state index is -0.395. The van der Waals surface area contributed by atoms with E-state index >= 15 is 0 Å². The Morgan fingerprint density at radius 1 is 1.50 bits per heavy atom. The van der Waals surface area contributed by atoms with E-state index in [2.05, 4.69) is 0 Å². The average Bonchev–Trinajstić information content (AvgIpc) is 2.50. The second-order valence-corrected chi connectivity index (χ2v) is 4.65. The molecule has 0 N–H and O–H groups in total. The van der Waals surface area contributed by atoms with E-state index in [0.29, 0.717) is 13.1 Å². The molecular formula is C12H21NO3. The summed E-state index contributed by atoms with van der Waals surface area (Å²) < 4.78 is 5.22. The number of amides is 1. The van der Waals surface area contributed by atoms with Gasteiger partial charge in [-0.05, 0) is 34.6 Å². The van der Waals surface area contributed by atoms with Gasteiger partial charge in [0, 0.05) is 13.1 Å². The summed E-state index contributed by atoms with van der Waals surface area (Å²) in [5.41, 5.74) is 0.832. The van der Waals surface area contributed by atoms with Gasteiger partial charge in [-0.25, -0.2) is 4.79 Å². The number of nitrogens with zero attached hydrogens (tertiary/aromatic N) is 1. The van der Waals surface area contributed by atoms with Gasteiger partial charge >= 0.3 is 6.09 Å². The first-order valence-corrected chi connectivity index (χ1v) is 5.33. The van der Waals surface area contributed by atoms with Crippen LogP contribution in [0.1, 0.15) is 34.6 Å². The molecule has 0 radical (unpaired) electrons. The fourth-order valence-corrected chi connectivity index (χ4v) is 1.16. The van der Waals surface area contributed by atoms with E-state index in [0.717, 1.165) is 6.29 Å². The molecule has 0 saturated carbocycles. The Hall–Kier alpha value is -1.32. The SMILES string of the molecule is CC1=CCN(C(=O)OC(C)(C)C)C1.CC=O. The molecule has 0 aromatic heterocycles. The van der Waals surface area contributed by atoms with E-state index < -0.39 is 5.60 Å². The Morgan fingerprint density at radius 3 is 2.31 bits per heavy atom. The molecule has 0 atom stereocenters. The highest BCUT2D eigenvalue weighted by atomic mass is 16.6. The smallest absolute Gasteiger partial charge is 0.410 e. The minimum absolute atomic E-state index is 0.222. The van der Waals surface area contributed by atoms with Crippen molar-refractivity contribution in [3.63, 3.8) is 0 Å². The van der Waals surface area contributed by atoms with Crippen molar-refractivity contribution in [2.45, 2.75) is 40.2 Å². The summed E-state index contributed by atoms with van der Waals surface area (Å²) in [4.78, 5) is 22.0. The van der Waals surface area contributed by atoms with Gasteiger partial charge in [0.2, 0.25) is 0 Å². The second-order valence-electron chi connectivity index (χ2n) is 4.65. The van der Waals surface area contributed by atoms with Crippen LogP contribution in [0, 0.1) is 0 Å². The summed E-state index contributed by atoms with van der Waals surface area (Å²) in [6.07, 6.45) is 2.57. The van der Waals surface area contributed by atoms with Crippen molar-refractivity contribution < 1.29 is 14.3 Å². The molecular weight excluding hydrogens is 206 g/mol. The lowest BCUT2D eigenvalue weighted by atomic mass is 10.2. The summed E-state index contributed by atoms with van der Waals surface area (Å²) in [7, 11) is 0. The zero-order chi connectivity index (χ0) is 12.8. The first-order chi connectivity index (χ1) is 7.30. The average molecular weight is 227 g/mol. The maximum Gasteiger partial charge on any atom is 0.410 e. The molecule has 0 aromatic carbocycles. The van der Waals surface area contributed by atoms with Gasteiger partial charge in [0.05, 0.1) is 0 Å². The van der Waals surface area contributed by atoms with Crippen molar-refractivity contribution in [1.29, 1.82) is 0 Å². The van der Waals surface area contributed by atoms with Crippen LogP contribution in [-0.4, -0.2) is 36.0 Å². The third kappa shape index (κ3) is 6.22. The van der Waals surface area contributed by atoms with Crippen molar-refractivity contribution >= 4 is 12.4 Å². The molecule has 0 bridgehead atoms. The number of carbonyl (C=O) groups excluding carboxylic acids is 2. The van der Waals surface area contributed by atoms with Crippen LogP contribution in [-0.2, 0) is 9.53 Å². The molecule has 92 valence electrons. The number of ether oxygens (including phenoxy) is 1. The molecule has 0 fully saturated rings. The van der Waals surface area contributed by atoms with Crippen molar-refractivity contribution in [3.8, 4) is 0 Å². The summed E-state index contributed by atoms with van der Waals surface area (Å²) in [5, 5.41) is 0. The van der Waals surface area contributed by atoms with Crippen LogP contribution in [0.2, 0.25) is 0 Å². The summed E-state index contributed by atoms with van der Waals surface area (Å²) in [6.45, 7) is 10.5. The molecule has 0 spiro atoms. The van der Waals surface area contributed by atoms with Crippen LogP contribution in [0.3, 0.4) is 0 Å². The van der Waals surface area contributed by atoms with Crippen LogP contribution in [0.25, 0.3) is 0 Å². The normalized spacial score (nSPS) is 14.8. The van der Waals surface area contributed by atoms with E-state index in [1.165, 1.54) is 12.5 Å². The van der Waals surface area contributed by atoms with Crippen LogP contribution < -0.4 is 0 Å². The molecule has 4 nitrogen and oxygen atoms in total. The highest BCUT2D eigenvalue weighted by molar-refractivity contribution is 5.69. The van der Waals surface area contributed by atoms with Crippen molar-refractivity contribution in [2.75, 3.05) is 13.1 Å². The fourth-order valence-electron chi connectivity index (χ4n) is 1.16. The van der Waals surface area contributed by atoms with Gasteiger partial charge in [-0.1, -0.05) is 11.6 Å². The maximum atomic E-state index is 11.5. The summed E-state index contributed by atoms with van der Waals surface area (Å²) >= 11 is 0. The lowest BCUT2D eigenvalue weighted by molar-refractivity contribution is -0.106. The van der Waals surface area contributed by atoms with E-state index in [-0.39, 0.29) is 6.09 Å². The van der Waals surface area contributed by atoms with Gasteiger partial charge in [-0.3, -0.25) is 0 Å². The first-order valence-electron chi connectivity index (χ1n) is 5.33. The van der Waals surface area contributed by atoms with Gasteiger partial charge in [0.25, 0.3) is 0 Å². The number of aldehydes is 1. The number of carbonyl (C=O) groups is 2. The fraction of sp³-hybridized carbons (Fsp3) is 0.667. The predicted molar refractivity (Wildman–Crippen MR) is 63.3 cm³/mol. The first kappa shape index (κ1) is 14.7. The monoisotopic (exact) mass is 227 g/mol. The number of hydrogen-bond donors (Lipinski definition) is 0. The van der Waals surface area contributed by atoms with Gasteiger partial charge in [0.15, 0.2) is 0 Å². The lowest BCUT2D eigenvalue weighted by Gasteiger charge is -2.24. The highest BCUT2D eigenvalue weighted by Gasteiger charge is 2.23. The third-order valence-corrected chi connectivity index (χ3v) is 1.75. The quantitative estimate of drug-likeness (QED) is 0.471. The molecule has 0 unspecified atom stereocenters. The highest BCUT2D eigenvalue weighted by Crippen LogP contribution is 2.14. The molecule has 0 saturated heterocycles. The zero-order valence-electron chi connectivity index (χ0n) is 10.7. The molecule has 0 aromatic rings. The molecule has 16 heavy (non-hydrogen) atoms. The van der Waals surface area contributed by atoms with Crippen LogP contribution in [0.15, 0.2) is 11.6 Å². The van der Waals surface area contributed by atoms with Gasteiger partial charge < -0.3 is 14.4 Å². The van der Waals surface area contributed by atoms with Crippen molar-refractivity contribution in [3.05, 3.63) is 11.6 Å². The van der Waals surface area contributed by atoms with Gasteiger partial charge in [-0.2, -0.15) is 0 Å². The van der Waals surface area contributed by atoms with Crippen molar-refractivity contribution in [2.24, 2.45) is 0 Å². The zero-order valence-corrected chi connectivity index (χ0v) is 10.7. The Morgan fingerprint density at radius 2 is 2.00 bits per heavy atom. The minimum Gasteiger partial charge on any atom is -0.444 e. The molecule has 1 aliphatic heterocycles. The van der Waals surface area contributed by atoms with Gasteiger partial charge in [0.1, 0.15) is 11.9 Å². The standard InChI is InChI=1S/C10H17NO2.C2H4O/c1-8-5-6-11(7-8)9(12)13-10(2,3)4;1-2-3/h5H,6-7H2,1-4H3;2H,1H3. The van der Waals surface area contributed by atoms with E-state index in [1.54, 1.807) is 4.90 Å². The van der Waals surface area contributed by atoms with Crippen LogP contribution in [0.5, 0.6) is 0 Å². The lowest BCUT2D eigenvalue weighted by Crippen LogP contribution is -2.35. The van der Waals surface area contributed by atoms with E-state index in [1.807, 2.05) is 33.8 Å². The predicted octanol–water partition coefficient (Wildman–Crippen LogP) is 2.39. The molecule has 0 aliphatic carbocycles. The summed E-state index contributed by atoms with van der Waals surface area (Å²) in [6, 6.07) is 0. The Bertz CT molecular complexity index is 276. The Labute approximate surface area is 97.3 Å². The van der Waals surface area contributed by atoms with Crippen LogP contribution in [0.4, 0.5) is 4.79 Å². The Kier molecular flexibility index (Phi) is 5.78. The molecule has 1 heterocycles. The molecule has 1 rings (SSSR count). The molecule has 1 aliphatic rings. The molecule has 4 heteroatoms. The van der Waals surface area contributed by atoms with E-state index in [9.17, 15) is 4.79 Å².